The molecule has 6 heteroatoms. The number of aromatic nitrogens is 2. The van der Waals surface area contributed by atoms with Crippen molar-refractivity contribution in [3.8, 4) is 11.8 Å². The highest BCUT2D eigenvalue weighted by molar-refractivity contribution is 5.40. The van der Waals surface area contributed by atoms with Crippen molar-refractivity contribution in [3.63, 3.8) is 0 Å². The van der Waals surface area contributed by atoms with Gasteiger partial charge in [-0.3, -0.25) is 0 Å². The summed E-state index contributed by atoms with van der Waals surface area (Å²) >= 11 is 0. The van der Waals surface area contributed by atoms with Gasteiger partial charge in [-0.05, 0) is 0 Å². The van der Waals surface area contributed by atoms with Crippen molar-refractivity contribution < 1.29 is 9.47 Å². The van der Waals surface area contributed by atoms with E-state index in [2.05, 4.69) is 9.97 Å². The van der Waals surface area contributed by atoms with Gasteiger partial charge in [0.2, 0.25) is 17.7 Å². The van der Waals surface area contributed by atoms with E-state index < -0.39 is 0 Å². The van der Waals surface area contributed by atoms with Crippen LogP contribution in [-0.4, -0.2) is 43.3 Å². The predicted octanol–water partition coefficient (Wildman–Crippen LogP) is -0.359. The fourth-order valence-corrected chi connectivity index (χ4v) is 1.42. The van der Waals surface area contributed by atoms with E-state index in [4.69, 9.17) is 15.2 Å². The number of rotatable bonds is 3. The molecule has 0 aliphatic carbocycles. The van der Waals surface area contributed by atoms with Gasteiger partial charge in [-0.15, -0.1) is 0 Å². The molecule has 0 atom stereocenters. The molecule has 0 radical (unpaired) electrons. The van der Waals surface area contributed by atoms with Gasteiger partial charge in [-0.25, -0.2) is 0 Å². The second-order valence-corrected chi connectivity index (χ2v) is 3.42. The summed E-state index contributed by atoms with van der Waals surface area (Å²) in [4.78, 5) is 10.4. The van der Waals surface area contributed by atoms with Crippen molar-refractivity contribution in [1.82, 2.24) is 9.97 Å². The highest BCUT2D eigenvalue weighted by Crippen LogP contribution is 2.22. The van der Waals surface area contributed by atoms with Crippen LogP contribution in [0.15, 0.2) is 6.07 Å². The van der Waals surface area contributed by atoms with Crippen LogP contribution in [0.4, 0.5) is 5.95 Å². The van der Waals surface area contributed by atoms with E-state index in [1.807, 2.05) is 4.90 Å². The molecule has 2 heterocycles. The third-order valence-electron chi connectivity index (χ3n) is 2.28. The second kappa shape index (κ2) is 3.90. The zero-order valence-corrected chi connectivity index (χ0v) is 8.80. The van der Waals surface area contributed by atoms with Crippen molar-refractivity contribution in [1.29, 1.82) is 0 Å². The van der Waals surface area contributed by atoms with Gasteiger partial charge in [0.1, 0.15) is 0 Å². The van der Waals surface area contributed by atoms with Crippen LogP contribution in [-0.2, 0) is 0 Å². The van der Waals surface area contributed by atoms with Crippen LogP contribution < -0.4 is 20.1 Å². The molecule has 0 amide bonds. The monoisotopic (exact) mass is 210 g/mol. The zero-order valence-electron chi connectivity index (χ0n) is 8.80. The summed E-state index contributed by atoms with van der Waals surface area (Å²) in [7, 11) is 3.13. The van der Waals surface area contributed by atoms with E-state index >= 15 is 0 Å². The number of nitrogens with zero attached hydrogens (tertiary/aromatic N) is 3. The fourth-order valence-electron chi connectivity index (χ4n) is 1.42. The number of ether oxygens (including phenoxy) is 2. The predicted molar refractivity (Wildman–Crippen MR) is 55.3 cm³/mol. The number of hydrogen-bond donors (Lipinski definition) is 1. The summed E-state index contributed by atoms with van der Waals surface area (Å²) in [5, 5.41) is 0. The summed E-state index contributed by atoms with van der Waals surface area (Å²) in [5.74, 6) is 1.60. The summed E-state index contributed by atoms with van der Waals surface area (Å²) in [6.07, 6.45) is 0. The molecule has 2 N–H and O–H groups in total. The summed E-state index contributed by atoms with van der Waals surface area (Å²) in [5.41, 5.74) is 5.69. The van der Waals surface area contributed by atoms with Crippen LogP contribution in [0.25, 0.3) is 0 Å². The van der Waals surface area contributed by atoms with Crippen molar-refractivity contribution in [2.24, 2.45) is 5.73 Å². The van der Waals surface area contributed by atoms with Crippen LogP contribution in [0.2, 0.25) is 0 Å². The first-order valence-electron chi connectivity index (χ1n) is 4.70. The molecule has 1 aliphatic heterocycles. The van der Waals surface area contributed by atoms with Crippen LogP contribution in [0.5, 0.6) is 11.8 Å². The molecule has 82 valence electrons. The Balaban J connectivity index is 2.22. The van der Waals surface area contributed by atoms with Crippen LogP contribution in [0.3, 0.4) is 0 Å². The maximum atomic E-state index is 5.69. The lowest BCUT2D eigenvalue weighted by Gasteiger charge is -2.36. The maximum absolute atomic E-state index is 5.69. The minimum Gasteiger partial charge on any atom is -0.481 e. The van der Waals surface area contributed by atoms with Crippen LogP contribution in [0.1, 0.15) is 0 Å². The molecule has 0 unspecified atom stereocenters. The minimum atomic E-state index is 0.214. The zero-order chi connectivity index (χ0) is 10.8. The number of hydrogen-bond acceptors (Lipinski definition) is 6. The Bertz CT molecular complexity index is 330. The van der Waals surface area contributed by atoms with Crippen molar-refractivity contribution in [2.45, 2.75) is 6.04 Å². The van der Waals surface area contributed by atoms with Gasteiger partial charge in [0.25, 0.3) is 0 Å². The maximum Gasteiger partial charge on any atom is 0.232 e. The van der Waals surface area contributed by atoms with Crippen molar-refractivity contribution in [3.05, 3.63) is 6.07 Å². The third kappa shape index (κ3) is 1.94. The molecule has 1 aliphatic rings. The molecule has 15 heavy (non-hydrogen) atoms. The number of methoxy groups -OCH3 is 2. The molecule has 1 fully saturated rings. The Kier molecular flexibility index (Phi) is 2.59. The van der Waals surface area contributed by atoms with E-state index in [-0.39, 0.29) is 6.04 Å². The molecule has 0 aromatic carbocycles. The third-order valence-corrected chi connectivity index (χ3v) is 2.28. The first-order chi connectivity index (χ1) is 7.22. The summed E-state index contributed by atoms with van der Waals surface area (Å²) in [6, 6.07) is 1.86. The topological polar surface area (TPSA) is 73.5 Å². The van der Waals surface area contributed by atoms with E-state index in [1.54, 1.807) is 20.3 Å². The Labute approximate surface area is 88.0 Å². The molecule has 1 saturated heterocycles. The van der Waals surface area contributed by atoms with Gasteiger partial charge >= 0.3 is 0 Å². The SMILES string of the molecule is COc1cc(OC)nc(N2CC(N)C2)n1. The summed E-state index contributed by atoms with van der Waals surface area (Å²) < 4.78 is 10.1. The highest BCUT2D eigenvalue weighted by atomic mass is 16.5. The van der Waals surface area contributed by atoms with Gasteiger partial charge in [-0.1, -0.05) is 0 Å². The first kappa shape index (κ1) is 9.97. The Hall–Kier alpha value is -1.56. The van der Waals surface area contributed by atoms with Crippen molar-refractivity contribution in [2.75, 3.05) is 32.2 Å². The molecule has 0 bridgehead atoms. The normalized spacial score (nSPS) is 16.1. The number of anilines is 1. The second-order valence-electron chi connectivity index (χ2n) is 3.42. The molecular weight excluding hydrogens is 196 g/mol. The fraction of sp³-hybridized carbons (Fsp3) is 0.556. The molecular formula is C9H14N4O2. The van der Waals surface area contributed by atoms with Gasteiger partial charge in [0.15, 0.2) is 0 Å². The van der Waals surface area contributed by atoms with Crippen LogP contribution in [0, 0.1) is 0 Å². The Morgan fingerprint density at radius 2 is 1.80 bits per heavy atom. The van der Waals surface area contributed by atoms with Crippen LogP contribution >= 0.6 is 0 Å². The molecule has 1 aromatic heterocycles. The van der Waals surface area contributed by atoms with Gasteiger partial charge in [0.05, 0.1) is 20.3 Å². The lowest BCUT2D eigenvalue weighted by molar-refractivity contribution is 0.369. The lowest BCUT2D eigenvalue weighted by atomic mass is 10.1. The molecule has 6 nitrogen and oxygen atoms in total. The van der Waals surface area contributed by atoms with E-state index in [1.165, 1.54) is 0 Å². The Morgan fingerprint density at radius 1 is 1.27 bits per heavy atom. The van der Waals surface area contributed by atoms with E-state index in [9.17, 15) is 0 Å². The van der Waals surface area contributed by atoms with E-state index in [0.29, 0.717) is 17.7 Å². The Morgan fingerprint density at radius 3 is 2.20 bits per heavy atom. The molecule has 0 saturated carbocycles. The first-order valence-corrected chi connectivity index (χ1v) is 4.70. The molecule has 0 spiro atoms. The standard InChI is InChI=1S/C9H14N4O2/c1-14-7-3-8(15-2)12-9(11-7)13-4-6(10)5-13/h3,6H,4-5,10H2,1-2H3. The van der Waals surface area contributed by atoms with Gasteiger partial charge in [-0.2, -0.15) is 9.97 Å². The lowest BCUT2D eigenvalue weighted by Crippen LogP contribution is -2.56. The largest absolute Gasteiger partial charge is 0.481 e. The average Bonchev–Trinajstić information content (AvgIpc) is 2.24. The highest BCUT2D eigenvalue weighted by Gasteiger charge is 2.26. The van der Waals surface area contributed by atoms with Gasteiger partial charge in [0, 0.05) is 19.1 Å². The summed E-state index contributed by atoms with van der Waals surface area (Å²) in [6.45, 7) is 1.55. The molecule has 2 rings (SSSR count). The van der Waals surface area contributed by atoms with Crippen molar-refractivity contribution >= 4 is 5.95 Å². The van der Waals surface area contributed by atoms with Gasteiger partial charge < -0.3 is 20.1 Å². The molecule has 1 aromatic rings. The number of nitrogens with two attached hydrogens (primary N) is 1. The average molecular weight is 210 g/mol. The minimum absolute atomic E-state index is 0.214. The van der Waals surface area contributed by atoms with E-state index in [0.717, 1.165) is 13.1 Å². The quantitative estimate of drug-likeness (QED) is 0.734. The smallest absolute Gasteiger partial charge is 0.232 e.